The van der Waals surface area contributed by atoms with Crippen LogP contribution in [0.3, 0.4) is 0 Å². The summed E-state index contributed by atoms with van der Waals surface area (Å²) in [5.74, 6) is 0.319. The molecule has 6 fully saturated rings. The third-order valence-electron chi connectivity index (χ3n) is 13.1. The second kappa shape index (κ2) is 12.6. The highest BCUT2D eigenvalue weighted by atomic mass is 32.2. The first-order valence-electron chi connectivity index (χ1n) is 18.8. The molecule has 1 amide bonds. The number of hydrogen-bond donors (Lipinski definition) is 1. The number of morpholine rings is 1. The van der Waals surface area contributed by atoms with Gasteiger partial charge in [-0.25, -0.2) is 13.1 Å². The molecule has 51 heavy (non-hydrogen) atoms. The van der Waals surface area contributed by atoms with Crippen LogP contribution in [0.2, 0.25) is 0 Å². The summed E-state index contributed by atoms with van der Waals surface area (Å²) in [6, 6.07) is 11.6. The van der Waals surface area contributed by atoms with Gasteiger partial charge in [-0.05, 0) is 111 Å². The lowest BCUT2D eigenvalue weighted by Crippen LogP contribution is -2.48. The molecular weight excluding hydrogens is 689 g/mol. The number of carbonyl (C=O) groups excluding carboxylic acids is 1. The molecule has 0 radical (unpaired) electrons. The average Bonchev–Trinajstić information content (AvgIpc) is 3.91. The van der Waals surface area contributed by atoms with Crippen molar-refractivity contribution in [2.75, 3.05) is 53.0 Å². The lowest BCUT2D eigenvalue weighted by Gasteiger charge is -2.31. The number of nitrogens with zero attached hydrogens (tertiary/aromatic N) is 3. The Kier molecular flexibility index (Phi) is 8.34. The van der Waals surface area contributed by atoms with Crippen molar-refractivity contribution in [2.24, 2.45) is 5.92 Å². The summed E-state index contributed by atoms with van der Waals surface area (Å²) in [4.78, 5) is 16.1. The van der Waals surface area contributed by atoms with Crippen molar-refractivity contribution in [3.05, 3.63) is 53.1 Å². The fourth-order valence-corrected chi connectivity index (χ4v) is 14.4. The summed E-state index contributed by atoms with van der Waals surface area (Å²) in [6.45, 7) is 3.98. The van der Waals surface area contributed by atoms with Gasteiger partial charge in [0.05, 0.1) is 36.0 Å². The summed E-state index contributed by atoms with van der Waals surface area (Å²) >= 11 is 0. The normalized spacial score (nSPS) is 29.7. The number of ether oxygens (including phenoxy) is 2. The fourth-order valence-electron chi connectivity index (χ4n) is 10.3. The van der Waals surface area contributed by atoms with Crippen LogP contribution in [-0.2, 0) is 31.3 Å². The summed E-state index contributed by atoms with van der Waals surface area (Å²) in [5.41, 5.74) is 5.36. The molecule has 5 aliphatic heterocycles. The number of piperidine rings is 1. The first-order valence-corrected chi connectivity index (χ1v) is 21.8. The Morgan fingerprint density at radius 3 is 2.39 bits per heavy atom. The van der Waals surface area contributed by atoms with E-state index in [-0.39, 0.29) is 49.0 Å². The zero-order valence-corrected chi connectivity index (χ0v) is 30.9. The van der Waals surface area contributed by atoms with E-state index in [0.29, 0.717) is 25.3 Å². The molecule has 11 nitrogen and oxygen atoms in total. The Morgan fingerprint density at radius 2 is 1.65 bits per heavy atom. The molecule has 0 spiro atoms. The summed E-state index contributed by atoms with van der Waals surface area (Å²) in [7, 11) is -6.02. The molecule has 3 unspecified atom stereocenters. The molecule has 6 heterocycles. The number of carbonyl (C=O) groups is 1. The van der Waals surface area contributed by atoms with E-state index in [1.165, 1.54) is 16.3 Å². The lowest BCUT2D eigenvalue weighted by atomic mass is 9.81. The van der Waals surface area contributed by atoms with Gasteiger partial charge in [-0.15, -0.1) is 0 Å². The van der Waals surface area contributed by atoms with E-state index in [0.717, 1.165) is 91.6 Å². The fraction of sp³-hybridized carbons (Fsp3) is 0.605. The monoisotopic (exact) mass is 736 g/mol. The molecule has 2 aromatic carbocycles. The van der Waals surface area contributed by atoms with Gasteiger partial charge in [0.2, 0.25) is 0 Å². The van der Waals surface area contributed by atoms with Crippen LogP contribution in [0.25, 0.3) is 22.2 Å². The molecule has 3 atom stereocenters. The highest BCUT2D eigenvalue weighted by Gasteiger charge is 2.68. The predicted molar refractivity (Wildman–Crippen MR) is 195 cm³/mol. The van der Waals surface area contributed by atoms with Crippen molar-refractivity contribution in [3.63, 3.8) is 0 Å². The summed E-state index contributed by atoms with van der Waals surface area (Å²) in [6.07, 6.45) is 8.62. The molecule has 274 valence electrons. The molecule has 2 bridgehead atoms. The topological polar surface area (TPSA) is 127 Å². The molecule has 1 aromatic heterocycles. The van der Waals surface area contributed by atoms with Crippen molar-refractivity contribution in [1.29, 1.82) is 0 Å². The Bertz CT molecular complexity index is 2090. The van der Waals surface area contributed by atoms with Crippen LogP contribution >= 0.6 is 0 Å². The first kappa shape index (κ1) is 33.8. The van der Waals surface area contributed by atoms with E-state index < -0.39 is 30.7 Å². The highest BCUT2D eigenvalue weighted by molar-refractivity contribution is 7.93. The number of hydrogen-bond acceptors (Lipinski definition) is 8. The van der Waals surface area contributed by atoms with Gasteiger partial charge < -0.3 is 18.9 Å². The number of rotatable bonds is 7. The van der Waals surface area contributed by atoms with Crippen molar-refractivity contribution in [3.8, 4) is 17.0 Å². The Labute approximate surface area is 300 Å². The van der Waals surface area contributed by atoms with E-state index >= 15 is 8.42 Å². The standard InChI is InChI=1S/C38H48N4O7S2/c1-48-28-8-10-29-31(22-28)32-23-38(32,50(44,45)34-13-16-40-14-11-25(34)12-15-40)24-42-33-21-27(37(43)39-51(46,47)41-17-19-49-20-18-41)7-9-30(33)35(36(29)42)26-5-3-2-4-6-26/h7-10,21-22,25-26,32,34H,2-6,11-20,23-24H2,1H3,(H,39,43). The maximum Gasteiger partial charge on any atom is 0.304 e. The maximum absolute atomic E-state index is 15.3. The molecule has 10 rings (SSSR count). The third kappa shape index (κ3) is 5.47. The van der Waals surface area contributed by atoms with E-state index in [2.05, 4.69) is 26.3 Å². The van der Waals surface area contributed by atoms with E-state index in [1.54, 1.807) is 19.2 Å². The van der Waals surface area contributed by atoms with Crippen LogP contribution in [0.5, 0.6) is 5.75 Å². The minimum atomic E-state index is -4.06. The predicted octanol–water partition coefficient (Wildman–Crippen LogP) is 4.81. The number of methoxy groups -OCH3 is 1. The first-order chi connectivity index (χ1) is 24.6. The number of sulfone groups is 1. The van der Waals surface area contributed by atoms with Crippen molar-refractivity contribution in [2.45, 2.75) is 86.2 Å². The van der Waals surface area contributed by atoms with Crippen LogP contribution in [0.15, 0.2) is 36.4 Å². The average molecular weight is 737 g/mol. The van der Waals surface area contributed by atoms with Gasteiger partial charge in [-0.1, -0.05) is 25.3 Å². The second-order valence-electron chi connectivity index (χ2n) is 15.7. The maximum atomic E-state index is 15.3. The van der Waals surface area contributed by atoms with E-state index in [4.69, 9.17) is 9.47 Å². The molecule has 2 saturated carbocycles. The SMILES string of the molecule is COc1ccc2c(c1)C1CC1(S(=O)(=O)C1CCN3CCC1CC3)Cn1c-2c(C2CCCCC2)c2ccc(C(=O)NS(=O)(=O)N3CCOCC3)cc21. The summed E-state index contributed by atoms with van der Waals surface area (Å²) in [5, 5.41) is 0.635. The smallest absolute Gasteiger partial charge is 0.304 e. The number of nitrogens with one attached hydrogen (secondary N) is 1. The zero-order valence-electron chi connectivity index (χ0n) is 29.3. The van der Waals surface area contributed by atoms with Gasteiger partial charge in [0.25, 0.3) is 5.91 Å². The number of aromatic nitrogens is 1. The van der Waals surface area contributed by atoms with Gasteiger partial charge >= 0.3 is 10.2 Å². The number of amides is 1. The van der Waals surface area contributed by atoms with Gasteiger partial charge in [0.15, 0.2) is 9.84 Å². The molecular formula is C38H48N4O7S2. The van der Waals surface area contributed by atoms with Crippen LogP contribution < -0.4 is 9.46 Å². The van der Waals surface area contributed by atoms with Crippen LogP contribution in [0.1, 0.15) is 91.1 Å². The highest BCUT2D eigenvalue weighted by Crippen LogP contribution is 2.65. The third-order valence-corrected chi connectivity index (χ3v) is 17.7. The Balaban J connectivity index is 1.21. The molecule has 13 heteroatoms. The minimum absolute atomic E-state index is 0.160. The summed E-state index contributed by atoms with van der Waals surface area (Å²) < 4.78 is 72.8. The quantitative estimate of drug-likeness (QED) is 0.367. The van der Waals surface area contributed by atoms with Crippen LogP contribution in [0, 0.1) is 5.92 Å². The van der Waals surface area contributed by atoms with Crippen molar-refractivity contribution < 1.29 is 31.1 Å². The van der Waals surface area contributed by atoms with Gasteiger partial charge in [-0.2, -0.15) is 12.7 Å². The van der Waals surface area contributed by atoms with Crippen molar-refractivity contribution >= 4 is 36.9 Å². The molecule has 4 saturated heterocycles. The Hall–Kier alpha value is -2.97. The van der Waals surface area contributed by atoms with Gasteiger partial charge in [0, 0.05) is 47.6 Å². The second-order valence-corrected chi connectivity index (χ2v) is 19.9. The van der Waals surface area contributed by atoms with Gasteiger partial charge in [0.1, 0.15) is 5.75 Å². The molecule has 7 aliphatic rings. The van der Waals surface area contributed by atoms with E-state index in [1.807, 2.05) is 12.1 Å². The lowest BCUT2D eigenvalue weighted by molar-refractivity contribution is 0.0719. The number of fused-ring (bicyclic) bond motifs is 11. The minimum Gasteiger partial charge on any atom is -0.497 e. The largest absolute Gasteiger partial charge is 0.497 e. The van der Waals surface area contributed by atoms with E-state index in [9.17, 15) is 13.2 Å². The molecule has 1 N–H and O–H groups in total. The van der Waals surface area contributed by atoms with Crippen molar-refractivity contribution in [1.82, 2.24) is 18.5 Å². The van der Waals surface area contributed by atoms with Crippen LogP contribution in [0.4, 0.5) is 0 Å². The van der Waals surface area contributed by atoms with Gasteiger partial charge in [-0.3, -0.25) is 4.79 Å². The Morgan fingerprint density at radius 1 is 0.902 bits per heavy atom. The molecule has 2 aliphatic carbocycles. The zero-order chi connectivity index (χ0) is 35.1. The molecule has 3 aromatic rings. The van der Waals surface area contributed by atoms with Crippen LogP contribution in [-0.4, -0.2) is 99.6 Å². The number of benzene rings is 2.